The van der Waals surface area contributed by atoms with Crippen molar-refractivity contribution in [1.82, 2.24) is 10.6 Å². The monoisotopic (exact) mass is 515 g/mol. The van der Waals surface area contributed by atoms with Gasteiger partial charge in [-0.25, -0.2) is 4.79 Å². The van der Waals surface area contributed by atoms with Crippen LogP contribution in [-0.4, -0.2) is 41.9 Å². The number of carbonyl (C=O) groups excluding carboxylic acids is 4. The van der Waals surface area contributed by atoms with Gasteiger partial charge in [0.1, 0.15) is 11.6 Å². The number of rotatable bonds is 9. The zero-order valence-corrected chi connectivity index (χ0v) is 22.1. The molecule has 0 bridgehead atoms. The fourth-order valence-corrected chi connectivity index (χ4v) is 3.88. The Morgan fingerprint density at radius 1 is 0.816 bits per heavy atom. The molecule has 8 nitrogen and oxygen atoms in total. The van der Waals surface area contributed by atoms with Crippen molar-refractivity contribution in [2.24, 2.45) is 0 Å². The molecule has 0 heterocycles. The predicted octanol–water partition coefficient (Wildman–Crippen LogP) is 4.48. The maximum absolute atomic E-state index is 13.5. The number of ether oxygens (including phenoxy) is 1. The first-order valence-electron chi connectivity index (χ1n) is 12.3. The van der Waals surface area contributed by atoms with Crippen molar-refractivity contribution < 1.29 is 23.9 Å². The van der Waals surface area contributed by atoms with E-state index >= 15 is 0 Å². The summed E-state index contributed by atoms with van der Waals surface area (Å²) in [7, 11) is 0. The normalized spacial score (nSPS) is 11.7. The molecule has 0 aliphatic rings. The standard InChI is InChI=1S/C30H33N3O5/c1-21(34)33(25-18-12-11-17-24(25)27(35)23-15-9-6-10-16-23)26(20-32-29(37)38-30(2,3)4)28(36)31-19-22-13-7-5-8-14-22/h5-18,26H,19-20H2,1-4H3,(H,31,36)(H,32,37). The van der Waals surface area contributed by atoms with Gasteiger partial charge < -0.3 is 15.4 Å². The topological polar surface area (TPSA) is 105 Å². The summed E-state index contributed by atoms with van der Waals surface area (Å²) in [6.45, 7) is 6.48. The zero-order chi connectivity index (χ0) is 27.7. The van der Waals surface area contributed by atoms with Crippen LogP contribution in [-0.2, 0) is 20.9 Å². The summed E-state index contributed by atoms with van der Waals surface area (Å²) >= 11 is 0. The Morgan fingerprint density at radius 3 is 2.00 bits per heavy atom. The third kappa shape index (κ3) is 7.77. The van der Waals surface area contributed by atoms with E-state index in [2.05, 4.69) is 10.6 Å². The Labute approximate surface area is 223 Å². The van der Waals surface area contributed by atoms with Gasteiger partial charge >= 0.3 is 6.09 Å². The highest BCUT2D eigenvalue weighted by atomic mass is 16.6. The number of benzene rings is 3. The minimum atomic E-state index is -1.16. The maximum Gasteiger partial charge on any atom is 0.407 e. The van der Waals surface area contributed by atoms with E-state index in [9.17, 15) is 19.2 Å². The minimum absolute atomic E-state index is 0.221. The molecule has 198 valence electrons. The fourth-order valence-electron chi connectivity index (χ4n) is 3.88. The van der Waals surface area contributed by atoms with Crippen LogP contribution in [0.5, 0.6) is 0 Å². The van der Waals surface area contributed by atoms with Crippen molar-refractivity contribution >= 4 is 29.4 Å². The lowest BCUT2D eigenvalue weighted by Gasteiger charge is -2.32. The van der Waals surface area contributed by atoms with E-state index in [1.165, 1.54) is 11.8 Å². The molecule has 3 amide bonds. The van der Waals surface area contributed by atoms with Crippen LogP contribution in [0, 0.1) is 0 Å². The minimum Gasteiger partial charge on any atom is -0.444 e. The number of alkyl carbamates (subject to hydrolysis) is 1. The molecule has 0 fully saturated rings. The summed E-state index contributed by atoms with van der Waals surface area (Å²) in [5.74, 6) is -1.26. The molecule has 2 N–H and O–H groups in total. The first kappa shape index (κ1) is 28.1. The Morgan fingerprint density at radius 2 is 1.39 bits per heavy atom. The average Bonchev–Trinajstić information content (AvgIpc) is 2.89. The summed E-state index contributed by atoms with van der Waals surface area (Å²) in [6.07, 6.45) is -0.726. The molecule has 38 heavy (non-hydrogen) atoms. The second-order valence-electron chi connectivity index (χ2n) is 9.70. The van der Waals surface area contributed by atoms with Gasteiger partial charge in [-0.05, 0) is 38.5 Å². The van der Waals surface area contributed by atoms with E-state index in [1.54, 1.807) is 75.4 Å². The van der Waals surface area contributed by atoms with Crippen LogP contribution in [0.2, 0.25) is 0 Å². The summed E-state index contributed by atoms with van der Waals surface area (Å²) in [6, 6.07) is 23.5. The third-order valence-corrected chi connectivity index (χ3v) is 5.55. The van der Waals surface area contributed by atoms with Gasteiger partial charge in [-0.15, -0.1) is 0 Å². The van der Waals surface area contributed by atoms with E-state index in [4.69, 9.17) is 4.74 Å². The molecule has 1 atom stereocenters. The van der Waals surface area contributed by atoms with Crippen LogP contribution in [0.3, 0.4) is 0 Å². The molecular formula is C30H33N3O5. The molecule has 0 saturated carbocycles. The van der Waals surface area contributed by atoms with Gasteiger partial charge in [-0.3, -0.25) is 19.3 Å². The number of anilines is 1. The predicted molar refractivity (Wildman–Crippen MR) is 146 cm³/mol. The number of nitrogens with one attached hydrogen (secondary N) is 2. The van der Waals surface area contributed by atoms with Crippen LogP contribution in [0.4, 0.5) is 10.5 Å². The van der Waals surface area contributed by atoms with Crippen molar-refractivity contribution in [2.45, 2.75) is 45.9 Å². The van der Waals surface area contributed by atoms with Gasteiger partial charge in [0.05, 0.1) is 12.2 Å². The number of amides is 3. The molecule has 3 rings (SSSR count). The van der Waals surface area contributed by atoms with Crippen LogP contribution >= 0.6 is 0 Å². The van der Waals surface area contributed by atoms with E-state index in [-0.39, 0.29) is 30.1 Å². The number of hydrogen-bond donors (Lipinski definition) is 2. The van der Waals surface area contributed by atoms with E-state index in [0.29, 0.717) is 5.56 Å². The van der Waals surface area contributed by atoms with Crippen LogP contribution in [0.15, 0.2) is 84.9 Å². The highest BCUT2D eigenvalue weighted by molar-refractivity contribution is 6.15. The van der Waals surface area contributed by atoms with E-state index in [0.717, 1.165) is 5.56 Å². The van der Waals surface area contributed by atoms with Crippen molar-refractivity contribution in [3.05, 3.63) is 102 Å². The lowest BCUT2D eigenvalue weighted by molar-refractivity contribution is -0.125. The largest absolute Gasteiger partial charge is 0.444 e. The molecule has 3 aromatic carbocycles. The number of ketones is 1. The summed E-state index contributed by atoms with van der Waals surface area (Å²) in [4.78, 5) is 53.6. The first-order valence-corrected chi connectivity index (χ1v) is 12.3. The van der Waals surface area contributed by atoms with Gasteiger partial charge in [0.15, 0.2) is 5.78 Å². The second kappa shape index (κ2) is 12.7. The molecule has 0 aliphatic carbocycles. The lowest BCUT2D eigenvalue weighted by atomic mass is 10.00. The Balaban J connectivity index is 1.96. The molecule has 0 aromatic heterocycles. The number of carbonyl (C=O) groups is 4. The zero-order valence-electron chi connectivity index (χ0n) is 22.1. The van der Waals surface area contributed by atoms with Crippen LogP contribution in [0.25, 0.3) is 0 Å². The van der Waals surface area contributed by atoms with Gasteiger partial charge in [0, 0.05) is 24.6 Å². The lowest BCUT2D eigenvalue weighted by Crippen LogP contribution is -2.55. The molecule has 0 spiro atoms. The number of hydrogen-bond acceptors (Lipinski definition) is 5. The third-order valence-electron chi connectivity index (χ3n) is 5.55. The van der Waals surface area contributed by atoms with Crippen LogP contribution in [0.1, 0.15) is 49.2 Å². The van der Waals surface area contributed by atoms with Gasteiger partial charge in [0.2, 0.25) is 11.8 Å². The van der Waals surface area contributed by atoms with Gasteiger partial charge in [-0.2, -0.15) is 0 Å². The maximum atomic E-state index is 13.5. The molecule has 0 aliphatic heterocycles. The quantitative estimate of drug-likeness (QED) is 0.409. The number of para-hydroxylation sites is 1. The second-order valence-corrected chi connectivity index (χ2v) is 9.70. The molecular weight excluding hydrogens is 482 g/mol. The van der Waals surface area contributed by atoms with E-state index < -0.39 is 29.6 Å². The van der Waals surface area contributed by atoms with Crippen molar-refractivity contribution in [3.63, 3.8) is 0 Å². The van der Waals surface area contributed by atoms with Gasteiger partial charge in [-0.1, -0.05) is 72.8 Å². The molecule has 3 aromatic rings. The number of nitrogens with zero attached hydrogens (tertiary/aromatic N) is 1. The Hall–Kier alpha value is -4.46. The Bertz CT molecular complexity index is 1270. The van der Waals surface area contributed by atoms with Crippen molar-refractivity contribution in [1.29, 1.82) is 0 Å². The highest BCUT2D eigenvalue weighted by Gasteiger charge is 2.33. The molecule has 8 heteroatoms. The smallest absolute Gasteiger partial charge is 0.407 e. The summed E-state index contributed by atoms with van der Waals surface area (Å²) in [5, 5.41) is 5.45. The van der Waals surface area contributed by atoms with Crippen molar-refractivity contribution in [3.8, 4) is 0 Å². The van der Waals surface area contributed by atoms with Gasteiger partial charge in [0.25, 0.3) is 0 Å². The molecule has 0 saturated heterocycles. The van der Waals surface area contributed by atoms with E-state index in [1.807, 2.05) is 30.3 Å². The fraction of sp³-hybridized carbons (Fsp3) is 0.267. The first-order chi connectivity index (χ1) is 18.1. The van der Waals surface area contributed by atoms with Crippen LogP contribution < -0.4 is 15.5 Å². The SMILES string of the molecule is CC(=O)N(c1ccccc1C(=O)c1ccccc1)C(CNC(=O)OC(C)(C)C)C(=O)NCc1ccccc1. The van der Waals surface area contributed by atoms with Crippen molar-refractivity contribution in [2.75, 3.05) is 11.4 Å². The molecule has 0 radical (unpaired) electrons. The summed E-state index contributed by atoms with van der Waals surface area (Å²) in [5.41, 5.74) is 1.09. The average molecular weight is 516 g/mol. The Kier molecular flexibility index (Phi) is 9.38. The highest BCUT2D eigenvalue weighted by Crippen LogP contribution is 2.26. The molecule has 1 unspecified atom stereocenters. The summed E-state index contributed by atoms with van der Waals surface area (Å²) < 4.78 is 5.32.